The van der Waals surface area contributed by atoms with Crippen LogP contribution >= 0.6 is 0 Å². The zero-order valence-electron chi connectivity index (χ0n) is 14.7. The summed E-state index contributed by atoms with van der Waals surface area (Å²) in [7, 11) is 0. The fourth-order valence-corrected chi connectivity index (χ4v) is 3.84. The van der Waals surface area contributed by atoms with Gasteiger partial charge in [-0.2, -0.15) is 0 Å². The van der Waals surface area contributed by atoms with Crippen LogP contribution in [0.5, 0.6) is 5.75 Å². The van der Waals surface area contributed by atoms with E-state index in [9.17, 15) is 14.3 Å². The maximum absolute atomic E-state index is 13.3. The first-order valence-electron chi connectivity index (χ1n) is 9.13. The van der Waals surface area contributed by atoms with E-state index in [4.69, 9.17) is 4.74 Å². The fourth-order valence-electron chi connectivity index (χ4n) is 3.84. The van der Waals surface area contributed by atoms with Crippen molar-refractivity contribution >= 4 is 5.91 Å². The quantitative estimate of drug-likeness (QED) is 0.906. The second-order valence-corrected chi connectivity index (χ2v) is 7.03. The van der Waals surface area contributed by atoms with Crippen LogP contribution in [-0.2, 0) is 4.79 Å². The Bertz CT molecular complexity index is 590. The van der Waals surface area contributed by atoms with E-state index in [2.05, 4.69) is 4.90 Å². The van der Waals surface area contributed by atoms with Gasteiger partial charge in [0.2, 0.25) is 5.91 Å². The van der Waals surface area contributed by atoms with Crippen LogP contribution in [0.1, 0.15) is 32.6 Å². The number of benzene rings is 1. The van der Waals surface area contributed by atoms with Crippen LogP contribution in [0, 0.1) is 5.82 Å². The number of carbonyl (C=O) groups is 1. The smallest absolute Gasteiger partial charge is 0.219 e. The summed E-state index contributed by atoms with van der Waals surface area (Å²) in [5.74, 6) is 0.278. The van der Waals surface area contributed by atoms with Crippen molar-refractivity contribution in [2.45, 2.75) is 50.9 Å². The van der Waals surface area contributed by atoms with Crippen molar-refractivity contribution in [1.29, 1.82) is 0 Å². The Hall–Kier alpha value is -1.66. The predicted molar refractivity (Wildman–Crippen MR) is 92.9 cm³/mol. The van der Waals surface area contributed by atoms with E-state index in [1.165, 1.54) is 12.1 Å². The van der Waals surface area contributed by atoms with Gasteiger partial charge in [0.05, 0.1) is 6.10 Å². The summed E-state index contributed by atoms with van der Waals surface area (Å²) in [6, 6.07) is 6.52. The third-order valence-corrected chi connectivity index (χ3v) is 5.35. The Morgan fingerprint density at radius 3 is 2.56 bits per heavy atom. The number of nitrogens with zero attached hydrogens (tertiary/aromatic N) is 2. The van der Waals surface area contributed by atoms with Crippen molar-refractivity contribution in [3.63, 3.8) is 0 Å². The van der Waals surface area contributed by atoms with Crippen molar-refractivity contribution in [3.05, 3.63) is 30.1 Å². The Labute approximate surface area is 148 Å². The first kappa shape index (κ1) is 18.1. The number of rotatable bonds is 3. The highest BCUT2D eigenvalue weighted by Crippen LogP contribution is 2.24. The largest absolute Gasteiger partial charge is 0.488 e. The first-order chi connectivity index (χ1) is 12.0. The molecule has 2 atom stereocenters. The Morgan fingerprint density at radius 2 is 1.88 bits per heavy atom. The lowest BCUT2D eigenvalue weighted by Gasteiger charge is -2.37. The van der Waals surface area contributed by atoms with Crippen molar-refractivity contribution in [3.8, 4) is 5.75 Å². The van der Waals surface area contributed by atoms with E-state index in [0.29, 0.717) is 24.6 Å². The molecule has 0 spiro atoms. The summed E-state index contributed by atoms with van der Waals surface area (Å²) in [5.41, 5.74) is 0. The first-order valence-corrected chi connectivity index (χ1v) is 9.13. The monoisotopic (exact) mass is 350 g/mol. The molecular formula is C19H27FN2O3. The second kappa shape index (κ2) is 8.15. The topological polar surface area (TPSA) is 53.0 Å². The maximum Gasteiger partial charge on any atom is 0.219 e. The Morgan fingerprint density at radius 1 is 1.16 bits per heavy atom. The highest BCUT2D eigenvalue weighted by atomic mass is 19.1. The summed E-state index contributed by atoms with van der Waals surface area (Å²) in [6.07, 6.45) is 2.45. The minimum Gasteiger partial charge on any atom is -0.488 e. The number of amides is 1. The summed E-state index contributed by atoms with van der Waals surface area (Å²) in [6.45, 7) is 4.91. The Balaban J connectivity index is 1.55. The van der Waals surface area contributed by atoms with Crippen molar-refractivity contribution in [2.75, 3.05) is 26.2 Å². The number of ether oxygens (including phenoxy) is 1. The second-order valence-electron chi connectivity index (χ2n) is 7.03. The molecule has 0 aliphatic carbocycles. The van der Waals surface area contributed by atoms with Gasteiger partial charge in [-0.3, -0.25) is 4.79 Å². The molecule has 5 nitrogen and oxygen atoms in total. The van der Waals surface area contributed by atoms with Crippen LogP contribution < -0.4 is 4.74 Å². The van der Waals surface area contributed by atoms with Gasteiger partial charge >= 0.3 is 0 Å². The minimum atomic E-state index is -0.550. The van der Waals surface area contributed by atoms with Crippen LogP contribution in [-0.4, -0.2) is 65.2 Å². The molecule has 1 aromatic carbocycles. The zero-order valence-corrected chi connectivity index (χ0v) is 14.7. The Kier molecular flexibility index (Phi) is 5.91. The summed E-state index contributed by atoms with van der Waals surface area (Å²) in [5, 5.41) is 10.4. The summed E-state index contributed by atoms with van der Waals surface area (Å²) < 4.78 is 19.2. The van der Waals surface area contributed by atoms with E-state index >= 15 is 0 Å². The molecule has 0 bridgehead atoms. The lowest BCUT2D eigenvalue weighted by molar-refractivity contribution is -0.130. The molecule has 2 fully saturated rings. The van der Waals surface area contributed by atoms with Crippen LogP contribution in [0.15, 0.2) is 24.3 Å². The number of aliphatic hydroxyl groups is 1. The molecule has 2 saturated heterocycles. The van der Waals surface area contributed by atoms with Gasteiger partial charge in [-0.25, -0.2) is 4.39 Å². The van der Waals surface area contributed by atoms with E-state index in [1.807, 2.05) is 4.90 Å². The van der Waals surface area contributed by atoms with Crippen LogP contribution in [0.4, 0.5) is 4.39 Å². The molecule has 1 amide bonds. The predicted octanol–water partition coefficient (Wildman–Crippen LogP) is 2.04. The third-order valence-electron chi connectivity index (χ3n) is 5.35. The number of hydrogen-bond donors (Lipinski definition) is 1. The lowest BCUT2D eigenvalue weighted by atomic mass is 10.0. The normalized spacial score (nSPS) is 26.3. The molecule has 1 aromatic rings. The molecule has 3 rings (SSSR count). The number of halogens is 1. The fraction of sp³-hybridized carbons (Fsp3) is 0.632. The molecular weight excluding hydrogens is 323 g/mol. The minimum absolute atomic E-state index is 0.147. The van der Waals surface area contributed by atoms with Crippen molar-refractivity contribution in [1.82, 2.24) is 9.80 Å². The van der Waals surface area contributed by atoms with E-state index in [-0.39, 0.29) is 17.8 Å². The van der Waals surface area contributed by atoms with Crippen molar-refractivity contribution < 1.29 is 19.0 Å². The standard InChI is InChI=1S/C19H27FN2O3/c1-14(23)21-9-5-16(6-10-21)22-11-7-18(24)19(8-12-22)25-17-4-2-3-15(20)13-17/h2-4,13,16,18-19,24H,5-12H2,1H3/t18-,19-/m0/s1. The molecule has 0 radical (unpaired) electrons. The lowest BCUT2D eigenvalue weighted by Crippen LogP contribution is -2.46. The molecule has 25 heavy (non-hydrogen) atoms. The van der Waals surface area contributed by atoms with Gasteiger partial charge in [-0.15, -0.1) is 0 Å². The van der Waals surface area contributed by atoms with Crippen LogP contribution in [0.2, 0.25) is 0 Å². The molecule has 2 aliphatic heterocycles. The number of piperidine rings is 1. The van der Waals surface area contributed by atoms with Crippen molar-refractivity contribution in [2.24, 2.45) is 0 Å². The molecule has 2 aliphatic rings. The van der Waals surface area contributed by atoms with Gasteiger partial charge in [0.15, 0.2) is 0 Å². The summed E-state index contributed by atoms with van der Waals surface area (Å²) in [4.78, 5) is 15.8. The van der Waals surface area contributed by atoms with Gasteiger partial charge in [-0.05, 0) is 37.8 Å². The SMILES string of the molecule is CC(=O)N1CCC(N2CC[C@H](Oc3cccc(F)c3)[C@@H](O)CC2)CC1. The van der Waals surface area contributed by atoms with E-state index < -0.39 is 6.10 Å². The number of carbonyl (C=O) groups excluding carboxylic acids is 1. The van der Waals surface area contributed by atoms with E-state index in [1.54, 1.807) is 19.1 Å². The molecule has 0 aromatic heterocycles. The van der Waals surface area contributed by atoms with Crippen LogP contribution in [0.3, 0.4) is 0 Å². The average molecular weight is 350 g/mol. The third kappa shape index (κ3) is 4.70. The summed E-state index contributed by atoms with van der Waals surface area (Å²) >= 11 is 0. The van der Waals surface area contributed by atoms with Gasteiger partial charge in [0, 0.05) is 45.2 Å². The molecule has 2 heterocycles. The maximum atomic E-state index is 13.3. The molecule has 6 heteroatoms. The van der Waals surface area contributed by atoms with Gasteiger partial charge in [0.25, 0.3) is 0 Å². The number of hydrogen-bond acceptors (Lipinski definition) is 4. The van der Waals surface area contributed by atoms with Crippen LogP contribution in [0.25, 0.3) is 0 Å². The molecule has 1 N–H and O–H groups in total. The number of likely N-dealkylation sites (tertiary alicyclic amines) is 2. The highest BCUT2D eigenvalue weighted by Gasteiger charge is 2.31. The van der Waals surface area contributed by atoms with Gasteiger partial charge in [-0.1, -0.05) is 6.07 Å². The molecule has 0 unspecified atom stereocenters. The molecule has 138 valence electrons. The number of aliphatic hydroxyl groups excluding tert-OH is 1. The van der Waals surface area contributed by atoms with Gasteiger partial charge in [0.1, 0.15) is 17.7 Å². The van der Waals surface area contributed by atoms with Gasteiger partial charge < -0.3 is 19.6 Å². The average Bonchev–Trinajstić information content (AvgIpc) is 2.77. The zero-order chi connectivity index (χ0) is 17.8. The van der Waals surface area contributed by atoms with E-state index in [0.717, 1.165) is 39.0 Å². The highest BCUT2D eigenvalue weighted by molar-refractivity contribution is 5.73. The molecule has 0 saturated carbocycles.